The van der Waals surface area contributed by atoms with E-state index in [9.17, 15) is 22.8 Å². The monoisotopic (exact) mass is 333 g/mol. The van der Waals surface area contributed by atoms with E-state index in [0.717, 1.165) is 37.0 Å². The molecule has 0 saturated heterocycles. The molecule has 0 aromatic carbocycles. The molecule has 130 valence electrons. The van der Waals surface area contributed by atoms with Crippen LogP contribution in [0.4, 0.5) is 18.0 Å². The van der Waals surface area contributed by atoms with Gasteiger partial charge in [-0.1, -0.05) is 0 Å². The van der Waals surface area contributed by atoms with Crippen LogP contribution in [-0.4, -0.2) is 36.7 Å². The van der Waals surface area contributed by atoms with E-state index in [-0.39, 0.29) is 12.1 Å². The summed E-state index contributed by atoms with van der Waals surface area (Å²) in [7, 11) is 0. The largest absolute Gasteiger partial charge is 0.405 e. The molecule has 0 aromatic rings. The molecule has 0 spiro atoms. The van der Waals surface area contributed by atoms with Crippen molar-refractivity contribution in [2.45, 2.75) is 50.2 Å². The van der Waals surface area contributed by atoms with Gasteiger partial charge in [-0.05, 0) is 56.3 Å². The fourth-order valence-electron chi connectivity index (χ4n) is 4.99. The van der Waals surface area contributed by atoms with Gasteiger partial charge in [-0.25, -0.2) is 4.79 Å². The molecular weight excluding hydrogens is 311 g/mol. The molecule has 3 amide bonds. The highest BCUT2D eigenvalue weighted by Gasteiger charge is 2.50. The summed E-state index contributed by atoms with van der Waals surface area (Å²) in [5.41, 5.74) is -0.0193. The normalized spacial score (nSPS) is 35.2. The minimum Gasteiger partial charge on any atom is -0.329 e. The zero-order chi connectivity index (χ0) is 16.7. The number of halogens is 3. The van der Waals surface area contributed by atoms with Gasteiger partial charge in [0, 0.05) is 5.54 Å². The average Bonchev–Trinajstić information content (AvgIpc) is 2.41. The van der Waals surface area contributed by atoms with Crippen molar-refractivity contribution in [1.29, 1.82) is 0 Å². The van der Waals surface area contributed by atoms with Crippen LogP contribution < -0.4 is 16.0 Å². The number of imide groups is 1. The summed E-state index contributed by atoms with van der Waals surface area (Å²) >= 11 is 0. The fourth-order valence-corrected chi connectivity index (χ4v) is 4.99. The second-order valence-electron chi connectivity index (χ2n) is 7.40. The van der Waals surface area contributed by atoms with E-state index in [0.29, 0.717) is 0 Å². The summed E-state index contributed by atoms with van der Waals surface area (Å²) < 4.78 is 36.0. The van der Waals surface area contributed by atoms with E-state index in [1.54, 1.807) is 5.32 Å². The number of rotatable bonds is 4. The van der Waals surface area contributed by atoms with Crippen molar-refractivity contribution in [1.82, 2.24) is 16.0 Å². The molecule has 8 heteroatoms. The maximum Gasteiger partial charge on any atom is 0.405 e. The predicted molar refractivity (Wildman–Crippen MR) is 76.5 cm³/mol. The molecule has 0 unspecified atom stereocenters. The number of amides is 3. The summed E-state index contributed by atoms with van der Waals surface area (Å²) in [6.07, 6.45) is 2.55. The topological polar surface area (TPSA) is 70.2 Å². The molecule has 0 heterocycles. The molecule has 4 fully saturated rings. The van der Waals surface area contributed by atoms with Gasteiger partial charge in [0.15, 0.2) is 0 Å². The Morgan fingerprint density at radius 1 is 1.00 bits per heavy atom. The van der Waals surface area contributed by atoms with E-state index < -0.39 is 24.7 Å². The highest BCUT2D eigenvalue weighted by atomic mass is 19.4. The Bertz CT molecular complexity index is 458. The van der Waals surface area contributed by atoms with E-state index in [2.05, 4.69) is 5.32 Å². The number of carbonyl (C=O) groups excluding carboxylic acids is 2. The van der Waals surface area contributed by atoms with Crippen molar-refractivity contribution >= 4 is 11.9 Å². The van der Waals surface area contributed by atoms with Gasteiger partial charge in [0.2, 0.25) is 5.91 Å². The molecule has 5 nitrogen and oxygen atoms in total. The Kier molecular flexibility index (Phi) is 4.29. The quantitative estimate of drug-likeness (QED) is 0.736. The van der Waals surface area contributed by atoms with E-state index in [4.69, 9.17) is 0 Å². The third-order valence-corrected chi connectivity index (χ3v) is 5.36. The lowest BCUT2D eigenvalue weighted by Crippen LogP contribution is -2.60. The molecule has 3 N–H and O–H groups in total. The molecule has 4 bridgehead atoms. The first-order valence-corrected chi connectivity index (χ1v) is 8.12. The van der Waals surface area contributed by atoms with Crippen LogP contribution >= 0.6 is 0 Å². The van der Waals surface area contributed by atoms with Crippen molar-refractivity contribution in [3.05, 3.63) is 0 Å². The van der Waals surface area contributed by atoms with Gasteiger partial charge in [0.05, 0.1) is 6.54 Å². The zero-order valence-corrected chi connectivity index (χ0v) is 12.8. The minimum absolute atomic E-state index is 0.0193. The van der Waals surface area contributed by atoms with Crippen LogP contribution in [0.5, 0.6) is 0 Å². The summed E-state index contributed by atoms with van der Waals surface area (Å²) in [4.78, 5) is 23.0. The Morgan fingerprint density at radius 3 is 2.00 bits per heavy atom. The van der Waals surface area contributed by atoms with Gasteiger partial charge in [-0.2, -0.15) is 13.2 Å². The van der Waals surface area contributed by atoms with Crippen molar-refractivity contribution in [2.75, 3.05) is 13.1 Å². The van der Waals surface area contributed by atoms with Crippen LogP contribution in [0.2, 0.25) is 0 Å². The van der Waals surface area contributed by atoms with Crippen LogP contribution in [0.15, 0.2) is 0 Å². The van der Waals surface area contributed by atoms with Crippen molar-refractivity contribution in [3.63, 3.8) is 0 Å². The zero-order valence-electron chi connectivity index (χ0n) is 12.8. The maximum absolute atomic E-state index is 12.0. The second-order valence-corrected chi connectivity index (χ2v) is 7.40. The summed E-state index contributed by atoms with van der Waals surface area (Å²) in [5.74, 6) is 1.59. The Morgan fingerprint density at radius 2 is 1.52 bits per heavy atom. The fraction of sp³-hybridized carbons (Fsp3) is 0.867. The average molecular weight is 333 g/mol. The third kappa shape index (κ3) is 4.16. The molecule has 4 saturated carbocycles. The van der Waals surface area contributed by atoms with Crippen molar-refractivity contribution in [2.24, 2.45) is 17.8 Å². The number of alkyl halides is 3. The van der Waals surface area contributed by atoms with Crippen LogP contribution in [0.25, 0.3) is 0 Å². The molecule has 0 radical (unpaired) electrons. The molecule has 4 aliphatic rings. The maximum atomic E-state index is 12.0. The Balaban J connectivity index is 1.43. The lowest BCUT2D eigenvalue weighted by Gasteiger charge is -2.57. The van der Waals surface area contributed by atoms with Gasteiger partial charge < -0.3 is 10.6 Å². The highest BCUT2D eigenvalue weighted by molar-refractivity contribution is 5.95. The first-order valence-electron chi connectivity index (χ1n) is 8.12. The lowest BCUT2D eigenvalue weighted by atomic mass is 9.53. The van der Waals surface area contributed by atoms with Crippen LogP contribution in [0.3, 0.4) is 0 Å². The second kappa shape index (κ2) is 5.96. The molecule has 0 aliphatic heterocycles. The lowest BCUT2D eigenvalue weighted by molar-refractivity contribution is -0.124. The number of urea groups is 1. The van der Waals surface area contributed by atoms with E-state index >= 15 is 0 Å². The first kappa shape index (κ1) is 16.5. The minimum atomic E-state index is -4.49. The van der Waals surface area contributed by atoms with Gasteiger partial charge >= 0.3 is 12.2 Å². The van der Waals surface area contributed by atoms with Gasteiger partial charge in [0.25, 0.3) is 0 Å². The number of nitrogens with one attached hydrogen (secondary N) is 3. The summed E-state index contributed by atoms with van der Waals surface area (Å²) in [5, 5.41) is 6.85. The summed E-state index contributed by atoms with van der Waals surface area (Å²) in [6.45, 7) is -1.49. The SMILES string of the molecule is O=C(CNC12CC3CC(CC(C3)C1)C2)NC(=O)NCC(F)(F)F. The highest BCUT2D eigenvalue weighted by Crippen LogP contribution is 2.55. The first-order chi connectivity index (χ1) is 10.7. The van der Waals surface area contributed by atoms with Crippen molar-refractivity contribution < 1.29 is 22.8 Å². The molecular formula is C15H22F3N3O2. The molecule has 23 heavy (non-hydrogen) atoms. The van der Waals surface area contributed by atoms with Gasteiger partial charge in [-0.3, -0.25) is 10.1 Å². The van der Waals surface area contributed by atoms with Gasteiger partial charge in [0.1, 0.15) is 6.54 Å². The van der Waals surface area contributed by atoms with E-state index in [1.165, 1.54) is 19.3 Å². The van der Waals surface area contributed by atoms with Crippen LogP contribution in [0.1, 0.15) is 38.5 Å². The number of hydrogen-bond acceptors (Lipinski definition) is 3. The smallest absolute Gasteiger partial charge is 0.329 e. The molecule has 4 aliphatic carbocycles. The third-order valence-electron chi connectivity index (χ3n) is 5.36. The van der Waals surface area contributed by atoms with Crippen LogP contribution in [0, 0.1) is 17.8 Å². The van der Waals surface area contributed by atoms with Crippen molar-refractivity contribution in [3.8, 4) is 0 Å². The molecule has 0 aromatic heterocycles. The summed E-state index contributed by atoms with van der Waals surface area (Å²) in [6, 6.07) is -1.11. The standard InChI is InChI=1S/C15H22F3N3O2/c16-15(17,18)8-19-13(23)21-12(22)7-20-14-4-9-1-10(5-14)3-11(2-9)6-14/h9-11,20H,1-8H2,(H2,19,21,22,23). The predicted octanol–water partition coefficient (Wildman–Crippen LogP) is 1.93. The van der Waals surface area contributed by atoms with Crippen LogP contribution in [-0.2, 0) is 4.79 Å². The molecule has 4 rings (SSSR count). The Hall–Kier alpha value is -1.31. The number of carbonyl (C=O) groups is 2. The Labute approximate surface area is 132 Å². The number of hydrogen-bond donors (Lipinski definition) is 3. The molecule has 0 atom stereocenters. The van der Waals surface area contributed by atoms with E-state index in [1.807, 2.05) is 5.32 Å². The van der Waals surface area contributed by atoms with Gasteiger partial charge in [-0.15, -0.1) is 0 Å².